The van der Waals surface area contributed by atoms with Gasteiger partial charge in [-0.1, -0.05) is 11.6 Å². The Morgan fingerprint density at radius 1 is 1.60 bits per heavy atom. The lowest BCUT2D eigenvalue weighted by Crippen LogP contribution is -1.86. The van der Waals surface area contributed by atoms with E-state index in [1.165, 1.54) is 19.5 Å². The fourth-order valence-corrected chi connectivity index (χ4v) is 0.491. The van der Waals surface area contributed by atoms with E-state index in [9.17, 15) is 0 Å². The molecule has 1 aromatic heterocycles. The van der Waals surface area contributed by atoms with E-state index in [1.807, 2.05) is 0 Å². The van der Waals surface area contributed by atoms with Crippen LogP contribution in [0.3, 0.4) is 0 Å². The van der Waals surface area contributed by atoms with Crippen LogP contribution in [0.1, 0.15) is 0 Å². The van der Waals surface area contributed by atoms with E-state index in [4.69, 9.17) is 11.3 Å². The summed E-state index contributed by atoms with van der Waals surface area (Å²) in [5, 5.41) is 0. The largest absolute Gasteiger partial charge is 0.463 e. The Hall–Kier alpha value is -1.63. The van der Waals surface area contributed by atoms with Gasteiger partial charge in [0.05, 0.1) is 13.3 Å². The van der Waals surface area contributed by atoms with E-state index in [0.717, 1.165) is 0 Å². The van der Waals surface area contributed by atoms with Crippen molar-refractivity contribution < 1.29 is 4.74 Å². The zero-order chi connectivity index (χ0) is 7.40. The quantitative estimate of drug-likeness (QED) is 0.540. The van der Waals surface area contributed by atoms with E-state index >= 15 is 0 Å². The monoisotopic (exact) mass is 135 g/mol. The van der Waals surface area contributed by atoms with Crippen LogP contribution in [-0.4, -0.2) is 17.1 Å². The van der Waals surface area contributed by atoms with Crippen LogP contribution < -0.4 is 4.74 Å². The molecule has 50 valence electrons. The summed E-state index contributed by atoms with van der Waals surface area (Å²) in [6, 6.07) is 0. The third-order valence-corrected chi connectivity index (χ3v) is 0.923. The summed E-state index contributed by atoms with van der Waals surface area (Å²) in [6.07, 6.45) is 2.84. The first-order valence-corrected chi connectivity index (χ1v) is 2.60. The lowest BCUT2D eigenvalue weighted by atomic mass is 10.7. The minimum Gasteiger partial charge on any atom is -0.463 e. The third kappa shape index (κ3) is 1.20. The second-order valence-corrected chi connectivity index (χ2v) is 1.53. The predicted molar refractivity (Wildman–Crippen MR) is 34.8 cm³/mol. The molecular weight excluding hydrogens is 130 g/mol. The maximum Gasteiger partial charge on any atom is 0.327 e. The van der Waals surface area contributed by atoms with Crippen LogP contribution >= 0.6 is 0 Å². The lowest BCUT2D eigenvalue weighted by Gasteiger charge is -1.90. The van der Waals surface area contributed by atoms with Crippen LogP contribution in [0, 0.1) is 6.57 Å². The number of nitrogens with zero attached hydrogens (tertiary/aromatic N) is 3. The fraction of sp³-hybridized carbons (Fsp3) is 0.167. The van der Waals surface area contributed by atoms with E-state index in [-0.39, 0.29) is 5.82 Å². The highest BCUT2D eigenvalue weighted by atomic mass is 16.5. The third-order valence-electron chi connectivity index (χ3n) is 0.923. The first kappa shape index (κ1) is 6.49. The molecule has 0 aromatic carbocycles. The van der Waals surface area contributed by atoms with Crippen molar-refractivity contribution in [2.24, 2.45) is 0 Å². The number of hydrogen-bond donors (Lipinski definition) is 0. The normalized spacial score (nSPS) is 8.40. The number of aromatic nitrogens is 2. The van der Waals surface area contributed by atoms with Crippen molar-refractivity contribution in [1.29, 1.82) is 0 Å². The predicted octanol–water partition coefficient (Wildman–Crippen LogP) is 1.04. The van der Waals surface area contributed by atoms with Crippen molar-refractivity contribution in [3.63, 3.8) is 0 Å². The molecule has 4 nitrogen and oxygen atoms in total. The minimum absolute atomic E-state index is 0.249. The summed E-state index contributed by atoms with van der Waals surface area (Å²) in [6.45, 7) is 6.58. The molecule has 1 aromatic rings. The zero-order valence-electron chi connectivity index (χ0n) is 5.40. The molecule has 0 amide bonds. The van der Waals surface area contributed by atoms with Crippen LogP contribution in [0.2, 0.25) is 0 Å². The Balaban J connectivity index is 3.01. The van der Waals surface area contributed by atoms with Crippen molar-refractivity contribution in [3.05, 3.63) is 23.8 Å². The molecular formula is C6H5N3O. The minimum atomic E-state index is 0.249. The average Bonchev–Trinajstić information content (AvgIpc) is 2.05. The van der Waals surface area contributed by atoms with Gasteiger partial charge in [-0.25, -0.2) is 0 Å². The Kier molecular flexibility index (Phi) is 1.80. The molecule has 0 aliphatic heterocycles. The van der Waals surface area contributed by atoms with Crippen molar-refractivity contribution in [1.82, 2.24) is 9.97 Å². The Bertz CT molecular complexity index is 266. The van der Waals surface area contributed by atoms with Crippen molar-refractivity contribution in [2.45, 2.75) is 0 Å². The number of ether oxygens (including phenoxy) is 1. The molecule has 10 heavy (non-hydrogen) atoms. The van der Waals surface area contributed by atoms with Crippen LogP contribution in [0.5, 0.6) is 5.88 Å². The van der Waals surface area contributed by atoms with E-state index in [0.29, 0.717) is 5.88 Å². The summed E-state index contributed by atoms with van der Waals surface area (Å²) in [5.41, 5.74) is 0. The molecule has 0 saturated heterocycles. The summed E-state index contributed by atoms with van der Waals surface area (Å²) in [5.74, 6) is 0.618. The van der Waals surface area contributed by atoms with Gasteiger partial charge in [-0.2, -0.15) is 0 Å². The first-order valence-electron chi connectivity index (χ1n) is 2.60. The first-order chi connectivity index (χ1) is 4.86. The highest BCUT2D eigenvalue weighted by molar-refractivity contribution is 5.33. The summed E-state index contributed by atoms with van der Waals surface area (Å²) in [4.78, 5) is 10.6. The summed E-state index contributed by atoms with van der Waals surface area (Å²) in [7, 11) is 1.48. The molecule has 0 N–H and O–H groups in total. The molecule has 0 atom stereocenters. The van der Waals surface area contributed by atoms with E-state index < -0.39 is 0 Å². The molecule has 0 radical (unpaired) electrons. The molecule has 4 heteroatoms. The van der Waals surface area contributed by atoms with Gasteiger partial charge in [0, 0.05) is 0 Å². The van der Waals surface area contributed by atoms with Gasteiger partial charge >= 0.3 is 5.88 Å². The van der Waals surface area contributed by atoms with Gasteiger partial charge in [0.15, 0.2) is 0 Å². The van der Waals surface area contributed by atoms with Crippen molar-refractivity contribution >= 4 is 5.82 Å². The van der Waals surface area contributed by atoms with Gasteiger partial charge < -0.3 is 9.58 Å². The highest BCUT2D eigenvalue weighted by Crippen LogP contribution is 2.09. The van der Waals surface area contributed by atoms with Crippen LogP contribution in [0.15, 0.2) is 12.4 Å². The maximum absolute atomic E-state index is 6.58. The topological polar surface area (TPSA) is 39.4 Å². The standard InChI is InChI=1S/C6H5N3O/c1-7-5-3-8-4-6(9-5)10-2/h3-4H,2H3. The molecule has 0 spiro atoms. The average molecular weight is 135 g/mol. The smallest absolute Gasteiger partial charge is 0.327 e. The molecule has 0 unspecified atom stereocenters. The van der Waals surface area contributed by atoms with E-state index in [2.05, 4.69) is 14.8 Å². The summed E-state index contributed by atoms with van der Waals surface area (Å²) >= 11 is 0. The molecule has 0 fully saturated rings. The summed E-state index contributed by atoms with van der Waals surface area (Å²) < 4.78 is 4.74. The molecule has 0 saturated carbocycles. The van der Waals surface area contributed by atoms with Gasteiger partial charge in [0.25, 0.3) is 5.82 Å². The molecule has 0 aliphatic carbocycles. The Morgan fingerprint density at radius 3 is 3.00 bits per heavy atom. The van der Waals surface area contributed by atoms with Gasteiger partial charge in [0.1, 0.15) is 6.20 Å². The van der Waals surface area contributed by atoms with E-state index in [1.54, 1.807) is 0 Å². The molecule has 1 rings (SSSR count). The van der Waals surface area contributed by atoms with Crippen LogP contribution in [-0.2, 0) is 0 Å². The van der Waals surface area contributed by atoms with Gasteiger partial charge in [-0.3, -0.25) is 4.98 Å². The van der Waals surface area contributed by atoms with Crippen LogP contribution in [0.4, 0.5) is 5.82 Å². The Morgan fingerprint density at radius 2 is 2.40 bits per heavy atom. The van der Waals surface area contributed by atoms with Crippen molar-refractivity contribution in [2.75, 3.05) is 7.11 Å². The van der Waals surface area contributed by atoms with Gasteiger partial charge in [0.2, 0.25) is 0 Å². The number of methoxy groups -OCH3 is 1. The zero-order valence-corrected chi connectivity index (χ0v) is 5.40. The fourth-order valence-electron chi connectivity index (χ4n) is 0.491. The second-order valence-electron chi connectivity index (χ2n) is 1.53. The molecule has 1 heterocycles. The molecule has 0 bridgehead atoms. The lowest BCUT2D eigenvalue weighted by molar-refractivity contribution is 0.396. The number of hydrogen-bond acceptors (Lipinski definition) is 3. The van der Waals surface area contributed by atoms with Gasteiger partial charge in [-0.05, 0) is 0 Å². The maximum atomic E-state index is 6.58. The Labute approximate surface area is 58.3 Å². The molecule has 0 aliphatic rings. The van der Waals surface area contributed by atoms with Crippen molar-refractivity contribution in [3.8, 4) is 5.88 Å². The second kappa shape index (κ2) is 2.78. The SMILES string of the molecule is [C-]#[N+]c1cncc(OC)n1. The van der Waals surface area contributed by atoms with Gasteiger partial charge in [-0.15, -0.1) is 0 Å². The number of rotatable bonds is 1. The van der Waals surface area contributed by atoms with Crippen LogP contribution in [0.25, 0.3) is 4.85 Å². The highest BCUT2D eigenvalue weighted by Gasteiger charge is 1.98.